The highest BCUT2D eigenvalue weighted by Gasteiger charge is 2.31. The number of halogens is 2. The molecule has 5 nitrogen and oxygen atoms in total. The van der Waals surface area contributed by atoms with E-state index in [-0.39, 0.29) is 5.91 Å². The third kappa shape index (κ3) is 4.18. The number of nitrogens with zero attached hydrogens (tertiary/aromatic N) is 2. The van der Waals surface area contributed by atoms with E-state index >= 15 is 0 Å². The van der Waals surface area contributed by atoms with Crippen LogP contribution < -0.4 is 5.32 Å². The summed E-state index contributed by atoms with van der Waals surface area (Å²) in [5.41, 5.74) is 0.227. The van der Waals surface area contributed by atoms with Gasteiger partial charge in [0.05, 0.1) is 22.6 Å². The van der Waals surface area contributed by atoms with E-state index in [1.54, 1.807) is 19.2 Å². The zero-order chi connectivity index (χ0) is 19.7. The molecule has 2 aromatic heterocycles. The van der Waals surface area contributed by atoms with Gasteiger partial charge in [0, 0.05) is 38.0 Å². The number of rotatable bonds is 5. The van der Waals surface area contributed by atoms with Crippen molar-refractivity contribution in [3.8, 4) is 0 Å². The number of carbonyl (C=O) groups excluding carboxylic acids is 1. The number of hydrogen-bond acceptors (Lipinski definition) is 3. The van der Waals surface area contributed by atoms with Gasteiger partial charge in [0.25, 0.3) is 5.91 Å². The number of pyridine rings is 1. The minimum Gasteiger partial charge on any atom is -0.381 e. The van der Waals surface area contributed by atoms with E-state index in [0.717, 1.165) is 44.7 Å². The Hall–Kier alpha value is -1.66. The molecule has 152 valence electrons. The van der Waals surface area contributed by atoms with Crippen molar-refractivity contribution in [2.75, 3.05) is 19.8 Å². The number of nitrogens with one attached hydrogen (secondary N) is 1. The average Bonchev–Trinajstić information content (AvgIpc) is 3.30. The molecule has 7 heteroatoms. The summed E-state index contributed by atoms with van der Waals surface area (Å²) >= 11 is 6.42. The van der Waals surface area contributed by atoms with E-state index < -0.39 is 5.67 Å². The number of hydrogen-bond donors (Lipinski definition) is 1. The summed E-state index contributed by atoms with van der Waals surface area (Å²) in [5, 5.41) is 4.26. The molecule has 1 amide bonds. The molecule has 1 N–H and O–H groups in total. The fourth-order valence-corrected chi connectivity index (χ4v) is 4.55. The van der Waals surface area contributed by atoms with Crippen molar-refractivity contribution in [1.29, 1.82) is 0 Å². The summed E-state index contributed by atoms with van der Waals surface area (Å²) in [4.78, 5) is 17.4. The molecule has 1 saturated heterocycles. The minimum atomic E-state index is -1.06. The zero-order valence-electron chi connectivity index (χ0n) is 16.2. The minimum absolute atomic E-state index is 0.144. The highest BCUT2D eigenvalue weighted by Crippen LogP contribution is 2.34. The predicted octanol–water partition coefficient (Wildman–Crippen LogP) is 4.37. The van der Waals surface area contributed by atoms with Crippen molar-refractivity contribution in [2.24, 2.45) is 11.8 Å². The molecule has 0 aromatic carbocycles. The van der Waals surface area contributed by atoms with Crippen molar-refractivity contribution < 1.29 is 13.9 Å². The van der Waals surface area contributed by atoms with Crippen LogP contribution in [0, 0.1) is 11.8 Å². The maximum absolute atomic E-state index is 14.0. The van der Waals surface area contributed by atoms with Crippen LogP contribution in [0.3, 0.4) is 0 Å². The first kappa shape index (κ1) is 19.6. The monoisotopic (exact) mass is 407 g/mol. The summed E-state index contributed by atoms with van der Waals surface area (Å²) < 4.78 is 21.5. The predicted molar refractivity (Wildman–Crippen MR) is 107 cm³/mol. The van der Waals surface area contributed by atoms with Crippen LogP contribution in [0.4, 0.5) is 4.39 Å². The SMILES string of the molecule is CC1(F)CCC(CNC(=O)c2cn(CC3CCOC3)c3nccc(Cl)c23)CC1. The lowest BCUT2D eigenvalue weighted by atomic mass is 9.81. The van der Waals surface area contributed by atoms with Crippen molar-refractivity contribution >= 4 is 28.5 Å². The standard InChI is InChI=1S/C21H27ClFN3O2/c1-21(23)6-2-14(3-7-21)10-25-20(27)16-12-26(11-15-5-9-28-13-15)19-18(16)17(22)4-8-24-19/h4,8,12,14-15H,2-3,5-7,9-11,13H2,1H3,(H,25,27). The van der Waals surface area contributed by atoms with Gasteiger partial charge in [-0.1, -0.05) is 11.6 Å². The lowest BCUT2D eigenvalue weighted by Crippen LogP contribution is -2.34. The van der Waals surface area contributed by atoms with Crippen molar-refractivity contribution in [2.45, 2.75) is 51.2 Å². The molecule has 0 bridgehead atoms. The Balaban J connectivity index is 1.50. The first-order valence-electron chi connectivity index (χ1n) is 10.1. The van der Waals surface area contributed by atoms with Gasteiger partial charge >= 0.3 is 0 Å². The smallest absolute Gasteiger partial charge is 0.253 e. The van der Waals surface area contributed by atoms with Crippen molar-refractivity contribution in [1.82, 2.24) is 14.9 Å². The molecule has 1 unspecified atom stereocenters. The third-order valence-electron chi connectivity index (χ3n) is 6.13. The zero-order valence-corrected chi connectivity index (χ0v) is 17.0. The fraction of sp³-hybridized carbons (Fsp3) is 0.619. The van der Waals surface area contributed by atoms with Crippen LogP contribution in [0.5, 0.6) is 0 Å². The Morgan fingerprint density at radius 2 is 2.18 bits per heavy atom. The maximum Gasteiger partial charge on any atom is 0.253 e. The molecule has 2 aromatic rings. The van der Waals surface area contributed by atoms with Gasteiger partial charge in [-0.2, -0.15) is 0 Å². The van der Waals surface area contributed by atoms with E-state index in [9.17, 15) is 9.18 Å². The first-order chi connectivity index (χ1) is 13.4. The topological polar surface area (TPSA) is 56.2 Å². The molecular weight excluding hydrogens is 381 g/mol. The van der Waals surface area contributed by atoms with Crippen LogP contribution in [0.1, 0.15) is 49.4 Å². The Morgan fingerprint density at radius 3 is 2.89 bits per heavy atom. The van der Waals surface area contributed by atoms with Crippen LogP contribution in [-0.4, -0.2) is 40.9 Å². The van der Waals surface area contributed by atoms with Crippen molar-refractivity contribution in [3.63, 3.8) is 0 Å². The molecular formula is C21H27ClFN3O2. The molecule has 1 aliphatic carbocycles. The van der Waals surface area contributed by atoms with Gasteiger partial charge in [-0.3, -0.25) is 4.79 Å². The summed E-state index contributed by atoms with van der Waals surface area (Å²) in [6.45, 7) is 4.51. The molecule has 0 radical (unpaired) electrons. The normalized spacial score (nSPS) is 28.0. The second-order valence-electron chi connectivity index (χ2n) is 8.48. The number of alkyl halides is 1. The number of ether oxygens (including phenoxy) is 1. The second kappa shape index (κ2) is 7.99. The van der Waals surface area contributed by atoms with Crippen LogP contribution in [0.2, 0.25) is 5.02 Å². The molecule has 2 aliphatic rings. The molecule has 0 spiro atoms. The largest absolute Gasteiger partial charge is 0.381 e. The van der Waals surface area contributed by atoms with Crippen LogP contribution in [-0.2, 0) is 11.3 Å². The van der Waals surface area contributed by atoms with Gasteiger partial charge in [-0.25, -0.2) is 9.37 Å². The molecule has 3 heterocycles. The Labute approximate surface area is 169 Å². The Morgan fingerprint density at radius 1 is 1.39 bits per heavy atom. The number of aromatic nitrogens is 2. The van der Waals surface area contributed by atoms with Crippen LogP contribution in [0.15, 0.2) is 18.5 Å². The number of fused-ring (bicyclic) bond motifs is 1. The van der Waals surface area contributed by atoms with Crippen LogP contribution in [0.25, 0.3) is 11.0 Å². The summed E-state index contributed by atoms with van der Waals surface area (Å²) in [5.74, 6) is 0.602. The fourth-order valence-electron chi connectivity index (χ4n) is 4.31. The van der Waals surface area contributed by atoms with E-state index in [1.165, 1.54) is 0 Å². The summed E-state index contributed by atoms with van der Waals surface area (Å²) in [7, 11) is 0. The molecule has 1 saturated carbocycles. The molecule has 2 fully saturated rings. The van der Waals surface area contributed by atoms with Crippen molar-refractivity contribution in [3.05, 3.63) is 29.0 Å². The molecule has 1 aliphatic heterocycles. The number of carbonyl (C=O) groups is 1. The van der Waals surface area contributed by atoms with E-state index in [0.29, 0.717) is 47.2 Å². The van der Waals surface area contributed by atoms with E-state index in [2.05, 4.69) is 10.3 Å². The maximum atomic E-state index is 14.0. The highest BCUT2D eigenvalue weighted by molar-refractivity contribution is 6.36. The van der Waals surface area contributed by atoms with Crippen LogP contribution >= 0.6 is 11.6 Å². The molecule has 1 atom stereocenters. The van der Waals surface area contributed by atoms with Gasteiger partial charge in [-0.05, 0) is 51.0 Å². The van der Waals surface area contributed by atoms with Gasteiger partial charge in [-0.15, -0.1) is 0 Å². The van der Waals surface area contributed by atoms with Gasteiger partial charge in [0.1, 0.15) is 11.3 Å². The quantitative estimate of drug-likeness (QED) is 0.800. The van der Waals surface area contributed by atoms with Gasteiger partial charge in [0.15, 0.2) is 0 Å². The van der Waals surface area contributed by atoms with E-state index in [1.807, 2.05) is 10.8 Å². The Bertz CT molecular complexity index is 851. The average molecular weight is 408 g/mol. The van der Waals surface area contributed by atoms with Gasteiger partial charge < -0.3 is 14.6 Å². The lowest BCUT2D eigenvalue weighted by molar-refractivity contribution is 0.0894. The summed E-state index contributed by atoms with van der Waals surface area (Å²) in [6.07, 6.45) is 7.27. The molecule has 28 heavy (non-hydrogen) atoms. The first-order valence-corrected chi connectivity index (χ1v) is 10.5. The third-order valence-corrected chi connectivity index (χ3v) is 6.44. The molecule has 4 rings (SSSR count). The van der Waals surface area contributed by atoms with E-state index in [4.69, 9.17) is 16.3 Å². The summed E-state index contributed by atoms with van der Waals surface area (Å²) in [6, 6.07) is 1.72. The van der Waals surface area contributed by atoms with Gasteiger partial charge in [0.2, 0.25) is 0 Å². The Kier molecular flexibility index (Phi) is 5.61. The number of amides is 1. The lowest BCUT2D eigenvalue weighted by Gasteiger charge is -2.31. The highest BCUT2D eigenvalue weighted by atomic mass is 35.5. The second-order valence-corrected chi connectivity index (χ2v) is 8.89.